The van der Waals surface area contributed by atoms with Gasteiger partial charge in [0.25, 0.3) is 0 Å². The minimum absolute atomic E-state index is 0.0127. The van der Waals surface area contributed by atoms with Gasteiger partial charge >= 0.3 is 5.97 Å². The van der Waals surface area contributed by atoms with Crippen molar-refractivity contribution < 1.29 is 14.3 Å². The first-order valence-corrected chi connectivity index (χ1v) is 5.92. The van der Waals surface area contributed by atoms with Gasteiger partial charge in [-0.25, -0.2) is 19.2 Å². The third kappa shape index (κ3) is 1.99. The molecular formula is C15H9FN2O2. The lowest BCUT2D eigenvalue weighted by Crippen LogP contribution is -2.05. The average Bonchev–Trinajstić information content (AvgIpc) is 2.47. The molecule has 5 heteroatoms. The highest BCUT2D eigenvalue weighted by atomic mass is 19.1. The summed E-state index contributed by atoms with van der Waals surface area (Å²) in [5, 5.41) is 9.42. The Labute approximate surface area is 113 Å². The molecule has 20 heavy (non-hydrogen) atoms. The third-order valence-corrected chi connectivity index (χ3v) is 2.91. The molecule has 0 saturated carbocycles. The average molecular weight is 268 g/mol. The number of carboxylic acids is 1. The second-order valence-corrected chi connectivity index (χ2v) is 4.20. The number of hydrogen-bond donors (Lipinski definition) is 1. The van der Waals surface area contributed by atoms with E-state index in [4.69, 9.17) is 0 Å². The van der Waals surface area contributed by atoms with E-state index < -0.39 is 11.8 Å². The number of halogens is 1. The molecule has 0 unspecified atom stereocenters. The van der Waals surface area contributed by atoms with Crippen LogP contribution in [0.5, 0.6) is 0 Å². The van der Waals surface area contributed by atoms with Crippen LogP contribution in [0.15, 0.2) is 48.5 Å². The highest BCUT2D eigenvalue weighted by molar-refractivity contribution is 6.01. The second kappa shape index (κ2) is 4.70. The summed E-state index contributed by atoms with van der Waals surface area (Å²) in [6, 6.07) is 13.1. The van der Waals surface area contributed by atoms with Gasteiger partial charge in [0, 0.05) is 10.9 Å². The summed E-state index contributed by atoms with van der Waals surface area (Å²) < 4.78 is 13.8. The molecule has 3 rings (SSSR count). The predicted octanol–water partition coefficient (Wildman–Crippen LogP) is 3.13. The summed E-state index contributed by atoms with van der Waals surface area (Å²) in [6.45, 7) is 0. The molecule has 0 saturated heterocycles. The van der Waals surface area contributed by atoms with Gasteiger partial charge in [-0.2, -0.15) is 0 Å². The maximum absolute atomic E-state index is 13.8. The van der Waals surface area contributed by atoms with Crippen LogP contribution >= 0.6 is 0 Å². The number of hydrogen-bond acceptors (Lipinski definition) is 3. The van der Waals surface area contributed by atoms with E-state index in [0.717, 1.165) is 0 Å². The summed E-state index contributed by atoms with van der Waals surface area (Å²) in [5.41, 5.74) is 0.451. The minimum atomic E-state index is -1.21. The summed E-state index contributed by atoms with van der Waals surface area (Å²) in [4.78, 5) is 19.5. The van der Waals surface area contributed by atoms with Gasteiger partial charge < -0.3 is 5.11 Å². The molecule has 98 valence electrons. The zero-order valence-electron chi connectivity index (χ0n) is 10.2. The van der Waals surface area contributed by atoms with Gasteiger partial charge in [-0.3, -0.25) is 0 Å². The van der Waals surface area contributed by atoms with Crippen LogP contribution in [0.1, 0.15) is 10.5 Å². The van der Waals surface area contributed by atoms with E-state index in [1.54, 1.807) is 24.3 Å². The van der Waals surface area contributed by atoms with Crippen molar-refractivity contribution >= 4 is 16.9 Å². The fraction of sp³-hybridized carbons (Fsp3) is 0. The Morgan fingerprint density at radius 1 is 1.00 bits per heavy atom. The minimum Gasteiger partial charge on any atom is -0.476 e. The lowest BCUT2D eigenvalue weighted by molar-refractivity contribution is 0.0693. The molecule has 2 aromatic carbocycles. The SMILES string of the molecule is O=C(O)c1nc(-c2ccccc2)nc2c(F)cccc12. The first kappa shape index (κ1) is 12.2. The molecule has 3 aromatic rings. The smallest absolute Gasteiger partial charge is 0.355 e. The van der Waals surface area contributed by atoms with E-state index in [2.05, 4.69) is 9.97 Å². The molecule has 1 heterocycles. The number of para-hydroxylation sites is 1. The Morgan fingerprint density at radius 2 is 1.75 bits per heavy atom. The highest BCUT2D eigenvalue weighted by Gasteiger charge is 2.16. The van der Waals surface area contributed by atoms with Crippen molar-refractivity contribution in [3.8, 4) is 11.4 Å². The van der Waals surface area contributed by atoms with E-state index >= 15 is 0 Å². The van der Waals surface area contributed by atoms with Crippen molar-refractivity contribution in [3.63, 3.8) is 0 Å². The number of carbonyl (C=O) groups is 1. The fourth-order valence-corrected chi connectivity index (χ4v) is 2.00. The molecule has 0 aliphatic rings. The van der Waals surface area contributed by atoms with Crippen molar-refractivity contribution in [2.75, 3.05) is 0 Å². The van der Waals surface area contributed by atoms with Crippen molar-refractivity contribution in [2.45, 2.75) is 0 Å². The Kier molecular flexibility index (Phi) is 2.87. The molecule has 1 aromatic heterocycles. The number of aromatic nitrogens is 2. The molecule has 4 nitrogen and oxygen atoms in total. The van der Waals surface area contributed by atoms with Gasteiger partial charge in [0.2, 0.25) is 0 Å². The summed E-state index contributed by atoms with van der Waals surface area (Å²) >= 11 is 0. The number of benzene rings is 2. The van der Waals surface area contributed by atoms with E-state index in [-0.39, 0.29) is 22.4 Å². The molecular weight excluding hydrogens is 259 g/mol. The van der Waals surface area contributed by atoms with Crippen molar-refractivity contribution in [2.24, 2.45) is 0 Å². The van der Waals surface area contributed by atoms with Crippen LogP contribution in [0, 0.1) is 5.82 Å². The first-order chi connectivity index (χ1) is 9.66. The first-order valence-electron chi connectivity index (χ1n) is 5.92. The van der Waals surface area contributed by atoms with Crippen molar-refractivity contribution in [1.82, 2.24) is 9.97 Å². The Balaban J connectivity index is 2.36. The monoisotopic (exact) mass is 268 g/mol. The van der Waals surface area contributed by atoms with Crippen molar-refractivity contribution in [1.29, 1.82) is 0 Å². The molecule has 0 aliphatic heterocycles. The maximum atomic E-state index is 13.8. The topological polar surface area (TPSA) is 63.1 Å². The fourth-order valence-electron chi connectivity index (χ4n) is 2.00. The van der Waals surface area contributed by atoms with E-state index in [0.29, 0.717) is 5.56 Å². The highest BCUT2D eigenvalue weighted by Crippen LogP contribution is 2.23. The van der Waals surface area contributed by atoms with Gasteiger partial charge in [0.1, 0.15) is 11.3 Å². The molecule has 0 radical (unpaired) electrons. The van der Waals surface area contributed by atoms with Crippen LogP contribution < -0.4 is 0 Å². The maximum Gasteiger partial charge on any atom is 0.355 e. The number of aromatic carboxylic acids is 1. The summed E-state index contributed by atoms with van der Waals surface area (Å²) in [7, 11) is 0. The van der Waals surface area contributed by atoms with Crippen LogP contribution in [0.2, 0.25) is 0 Å². The Bertz CT molecular complexity index is 804. The van der Waals surface area contributed by atoms with Crippen LogP contribution in [0.4, 0.5) is 4.39 Å². The van der Waals surface area contributed by atoms with Crippen molar-refractivity contribution in [3.05, 3.63) is 60.0 Å². The molecule has 1 N–H and O–H groups in total. The second-order valence-electron chi connectivity index (χ2n) is 4.20. The lowest BCUT2D eigenvalue weighted by Gasteiger charge is -2.06. The Hall–Kier alpha value is -2.82. The number of nitrogens with zero attached hydrogens (tertiary/aromatic N) is 2. The van der Waals surface area contributed by atoms with Gasteiger partial charge in [-0.15, -0.1) is 0 Å². The molecule has 0 atom stereocenters. The summed E-state index contributed by atoms with van der Waals surface area (Å²) in [6.07, 6.45) is 0. The molecule has 0 bridgehead atoms. The lowest BCUT2D eigenvalue weighted by atomic mass is 10.1. The van der Waals surface area contributed by atoms with Crippen LogP contribution in [0.25, 0.3) is 22.3 Å². The molecule has 0 spiro atoms. The zero-order valence-corrected chi connectivity index (χ0v) is 10.2. The normalized spacial score (nSPS) is 10.7. The number of rotatable bonds is 2. The van der Waals surface area contributed by atoms with Crippen LogP contribution in [-0.2, 0) is 0 Å². The third-order valence-electron chi connectivity index (χ3n) is 2.91. The van der Waals surface area contributed by atoms with Gasteiger partial charge in [-0.05, 0) is 6.07 Å². The van der Waals surface area contributed by atoms with E-state index in [9.17, 15) is 14.3 Å². The predicted molar refractivity (Wildman–Crippen MR) is 71.9 cm³/mol. The molecule has 0 amide bonds. The van der Waals surface area contributed by atoms with E-state index in [1.165, 1.54) is 18.2 Å². The molecule has 0 aliphatic carbocycles. The zero-order chi connectivity index (χ0) is 14.1. The van der Waals surface area contributed by atoms with Gasteiger partial charge in [-0.1, -0.05) is 42.5 Å². The summed E-state index contributed by atoms with van der Waals surface area (Å²) in [5.74, 6) is -1.58. The quantitative estimate of drug-likeness (QED) is 0.775. The standard InChI is InChI=1S/C15H9FN2O2/c16-11-8-4-7-10-12(11)17-14(18-13(10)15(19)20)9-5-2-1-3-6-9/h1-8H,(H,19,20). The molecule has 0 fully saturated rings. The van der Waals surface area contributed by atoms with E-state index in [1.807, 2.05) is 6.07 Å². The van der Waals surface area contributed by atoms with Crippen LogP contribution in [0.3, 0.4) is 0 Å². The van der Waals surface area contributed by atoms with Crippen LogP contribution in [-0.4, -0.2) is 21.0 Å². The van der Waals surface area contributed by atoms with Gasteiger partial charge in [0.05, 0.1) is 0 Å². The largest absolute Gasteiger partial charge is 0.476 e. The number of fused-ring (bicyclic) bond motifs is 1. The Morgan fingerprint density at radius 3 is 2.45 bits per heavy atom. The van der Waals surface area contributed by atoms with Gasteiger partial charge in [0.15, 0.2) is 11.5 Å². The number of carboxylic acid groups (broad SMARTS) is 1.